The Bertz CT molecular complexity index is 1260. The molecule has 1 saturated heterocycles. The van der Waals surface area contributed by atoms with Gasteiger partial charge in [-0.25, -0.2) is 10.0 Å². The first-order valence-electron chi connectivity index (χ1n) is 11.8. The summed E-state index contributed by atoms with van der Waals surface area (Å²) in [5, 5.41) is 18.6. The lowest BCUT2D eigenvalue weighted by Crippen LogP contribution is -2.38. The molecule has 13 heteroatoms. The highest BCUT2D eigenvalue weighted by Crippen LogP contribution is 2.37. The van der Waals surface area contributed by atoms with Crippen LogP contribution >= 0.6 is 23.2 Å². The molecule has 2 aliphatic rings. The van der Waals surface area contributed by atoms with Crippen molar-refractivity contribution in [1.29, 1.82) is 5.26 Å². The van der Waals surface area contributed by atoms with E-state index in [0.717, 1.165) is 30.8 Å². The van der Waals surface area contributed by atoms with Crippen LogP contribution in [0.15, 0.2) is 46.5 Å². The number of benzene rings is 2. The Morgan fingerprint density at radius 1 is 1.21 bits per heavy atom. The third-order valence-corrected chi connectivity index (χ3v) is 6.79. The Morgan fingerprint density at radius 2 is 1.97 bits per heavy atom. The molecule has 0 aliphatic carbocycles. The van der Waals surface area contributed by atoms with Crippen molar-refractivity contribution in [2.75, 3.05) is 46.0 Å². The molecule has 0 radical (unpaired) electrons. The lowest BCUT2D eigenvalue weighted by atomic mass is 9.99. The molecular formula is C25H25Cl2F3N6O2. The lowest BCUT2D eigenvalue weighted by Gasteiger charge is -2.26. The Kier molecular flexibility index (Phi) is 8.99. The molecule has 0 amide bonds. The molecule has 1 unspecified atom stereocenters. The summed E-state index contributed by atoms with van der Waals surface area (Å²) in [6.07, 6.45) is -2.79. The molecule has 1 atom stereocenters. The normalized spacial score (nSPS) is 18.8. The zero-order chi connectivity index (χ0) is 27.3. The van der Waals surface area contributed by atoms with Crippen molar-refractivity contribution in [3.05, 3.63) is 57.6 Å². The van der Waals surface area contributed by atoms with Gasteiger partial charge in [0, 0.05) is 25.6 Å². The molecule has 8 nitrogen and oxygen atoms in total. The predicted molar refractivity (Wildman–Crippen MR) is 139 cm³/mol. The zero-order valence-electron chi connectivity index (χ0n) is 20.4. The highest BCUT2D eigenvalue weighted by Gasteiger charge is 2.32. The van der Waals surface area contributed by atoms with Gasteiger partial charge in [-0.3, -0.25) is 10.2 Å². The van der Waals surface area contributed by atoms with Gasteiger partial charge in [-0.15, -0.1) is 0 Å². The molecule has 0 bridgehead atoms. The fraction of sp³-hybridized carbons (Fsp3) is 0.400. The number of hydrogen-bond acceptors (Lipinski definition) is 6. The maximum atomic E-state index is 13.5. The summed E-state index contributed by atoms with van der Waals surface area (Å²) in [5.74, 6) is 0.0277. The molecule has 2 heterocycles. The first-order valence-corrected chi connectivity index (χ1v) is 12.6. The standard InChI is InChI=1S/C25H25Cl2F3N6O2/c1-16-14-36(34-23(16)17-2-4-19(26)20(27)12-17)24(32-15-31)33-21-13-18(25(28,29)30)3-5-22(21)38-11-8-35-6-9-37-10-7-35/h2-5,12-13,16H,6-11,14H2,1H3,(H,32,33). The number of hydrogen-bond donors (Lipinski definition) is 1. The van der Waals surface area contributed by atoms with E-state index in [9.17, 15) is 18.4 Å². The van der Waals surface area contributed by atoms with Crippen molar-refractivity contribution in [3.8, 4) is 11.9 Å². The van der Waals surface area contributed by atoms with E-state index in [1.165, 1.54) is 11.1 Å². The lowest BCUT2D eigenvalue weighted by molar-refractivity contribution is -0.137. The molecule has 0 aromatic heterocycles. The molecule has 38 heavy (non-hydrogen) atoms. The summed E-state index contributed by atoms with van der Waals surface area (Å²) < 4.78 is 51.7. The molecule has 2 aliphatic heterocycles. The highest BCUT2D eigenvalue weighted by atomic mass is 35.5. The second kappa shape index (κ2) is 12.2. The van der Waals surface area contributed by atoms with Crippen LogP contribution in [0.3, 0.4) is 0 Å². The number of guanidine groups is 1. The minimum Gasteiger partial charge on any atom is -0.490 e. The van der Waals surface area contributed by atoms with Gasteiger partial charge in [0.2, 0.25) is 5.96 Å². The Morgan fingerprint density at radius 3 is 2.66 bits per heavy atom. The summed E-state index contributed by atoms with van der Waals surface area (Å²) in [6, 6.07) is 8.19. The van der Waals surface area contributed by atoms with Crippen molar-refractivity contribution < 1.29 is 22.6 Å². The molecule has 2 aromatic carbocycles. The number of aliphatic imine (C=N–C) groups is 1. The fourth-order valence-electron chi connectivity index (χ4n) is 4.07. The van der Waals surface area contributed by atoms with Gasteiger partial charge in [0.15, 0.2) is 6.19 Å². The van der Waals surface area contributed by atoms with Crippen LogP contribution in [0.25, 0.3) is 0 Å². The topological polar surface area (TPSA) is 85.5 Å². The minimum atomic E-state index is -4.58. The van der Waals surface area contributed by atoms with E-state index in [1.807, 2.05) is 6.92 Å². The van der Waals surface area contributed by atoms with Gasteiger partial charge in [-0.2, -0.15) is 23.5 Å². The smallest absolute Gasteiger partial charge is 0.416 e. The third-order valence-electron chi connectivity index (χ3n) is 6.05. The third kappa shape index (κ3) is 6.88. The highest BCUT2D eigenvalue weighted by molar-refractivity contribution is 6.42. The van der Waals surface area contributed by atoms with Crippen LogP contribution in [-0.2, 0) is 10.9 Å². The van der Waals surface area contributed by atoms with Gasteiger partial charge in [0.1, 0.15) is 18.0 Å². The van der Waals surface area contributed by atoms with Crippen LogP contribution in [0.2, 0.25) is 10.0 Å². The van der Waals surface area contributed by atoms with E-state index >= 15 is 0 Å². The second-order valence-electron chi connectivity index (χ2n) is 8.75. The van der Waals surface area contributed by atoms with Gasteiger partial charge in [0.25, 0.3) is 0 Å². The summed E-state index contributed by atoms with van der Waals surface area (Å²) in [7, 11) is 0. The van der Waals surface area contributed by atoms with Crippen molar-refractivity contribution in [1.82, 2.24) is 15.2 Å². The number of alkyl halides is 3. The van der Waals surface area contributed by atoms with E-state index in [1.54, 1.807) is 24.4 Å². The number of nitrogens with one attached hydrogen (secondary N) is 1. The van der Waals surface area contributed by atoms with Crippen LogP contribution in [0.5, 0.6) is 5.75 Å². The average Bonchev–Trinajstić information content (AvgIpc) is 3.27. The Balaban J connectivity index is 1.63. The maximum absolute atomic E-state index is 13.5. The van der Waals surface area contributed by atoms with E-state index < -0.39 is 11.7 Å². The SMILES string of the molecule is CC1CN(C(=Nc2cc(C(F)(F)F)ccc2OCCN2CCOCC2)NC#N)N=C1c1ccc(Cl)c(Cl)c1. The Hall–Kier alpha value is -3.04. The molecule has 4 rings (SSSR count). The van der Waals surface area contributed by atoms with Crippen molar-refractivity contribution >= 4 is 40.6 Å². The summed E-state index contributed by atoms with van der Waals surface area (Å²) in [5.41, 5.74) is 0.437. The molecule has 1 fully saturated rings. The van der Waals surface area contributed by atoms with Crippen molar-refractivity contribution in [3.63, 3.8) is 0 Å². The van der Waals surface area contributed by atoms with E-state index in [4.69, 9.17) is 32.7 Å². The summed E-state index contributed by atoms with van der Waals surface area (Å²) in [6.45, 7) is 5.84. The zero-order valence-corrected chi connectivity index (χ0v) is 21.9. The predicted octanol–water partition coefficient (Wildman–Crippen LogP) is 5.14. The van der Waals surface area contributed by atoms with Crippen molar-refractivity contribution in [2.45, 2.75) is 13.1 Å². The van der Waals surface area contributed by atoms with Gasteiger partial charge in [-0.1, -0.05) is 36.2 Å². The molecule has 2 aromatic rings. The maximum Gasteiger partial charge on any atom is 0.416 e. The number of ether oxygens (including phenoxy) is 2. The minimum absolute atomic E-state index is 0.0354. The van der Waals surface area contributed by atoms with Gasteiger partial charge in [-0.05, 0) is 35.9 Å². The van der Waals surface area contributed by atoms with Crippen LogP contribution in [0.4, 0.5) is 18.9 Å². The first kappa shape index (κ1) is 28.0. The molecule has 0 saturated carbocycles. The molecule has 202 valence electrons. The molecule has 0 spiro atoms. The van der Waals surface area contributed by atoms with Gasteiger partial charge >= 0.3 is 6.18 Å². The number of nitrogens with zero attached hydrogens (tertiary/aromatic N) is 5. The summed E-state index contributed by atoms with van der Waals surface area (Å²) in [4.78, 5) is 6.50. The second-order valence-corrected chi connectivity index (χ2v) is 9.57. The molecular weight excluding hydrogens is 544 g/mol. The monoisotopic (exact) mass is 568 g/mol. The average molecular weight is 569 g/mol. The summed E-state index contributed by atoms with van der Waals surface area (Å²) >= 11 is 12.2. The Labute approximate surface area is 228 Å². The van der Waals surface area contributed by atoms with Crippen LogP contribution < -0.4 is 10.1 Å². The number of morpholine rings is 1. The van der Waals surface area contributed by atoms with Crippen LogP contribution in [-0.4, -0.2) is 67.6 Å². The van der Waals surface area contributed by atoms with Gasteiger partial charge < -0.3 is 9.47 Å². The van der Waals surface area contributed by atoms with E-state index in [2.05, 4.69) is 20.3 Å². The van der Waals surface area contributed by atoms with Crippen molar-refractivity contribution in [2.24, 2.45) is 16.0 Å². The van der Waals surface area contributed by atoms with Crippen LogP contribution in [0, 0.1) is 17.4 Å². The van der Waals surface area contributed by atoms with E-state index in [0.29, 0.717) is 42.1 Å². The quantitative estimate of drug-likeness (QED) is 0.225. The first-order chi connectivity index (χ1) is 18.2. The number of halogens is 5. The van der Waals surface area contributed by atoms with Gasteiger partial charge in [0.05, 0.1) is 41.1 Å². The number of rotatable bonds is 6. The molecule has 1 N–H and O–H groups in total. The largest absolute Gasteiger partial charge is 0.490 e. The van der Waals surface area contributed by atoms with Crippen LogP contribution in [0.1, 0.15) is 18.1 Å². The fourth-order valence-corrected chi connectivity index (χ4v) is 4.37. The van der Waals surface area contributed by atoms with E-state index in [-0.39, 0.29) is 29.9 Å². The number of nitriles is 1. The number of hydrazone groups is 1.